The third-order valence-electron chi connectivity index (χ3n) is 5.36. The molecule has 2 aliphatic heterocycles. The van der Waals surface area contributed by atoms with Crippen molar-refractivity contribution in [1.82, 2.24) is 9.80 Å². The van der Waals surface area contributed by atoms with E-state index >= 15 is 0 Å². The summed E-state index contributed by atoms with van der Waals surface area (Å²) in [6.45, 7) is 6.71. The van der Waals surface area contributed by atoms with Gasteiger partial charge in [0.15, 0.2) is 0 Å². The Bertz CT molecular complexity index is 741. The zero-order chi connectivity index (χ0) is 17.4. The summed E-state index contributed by atoms with van der Waals surface area (Å²) in [5.74, 6) is 3.40. The first-order chi connectivity index (χ1) is 12.1. The lowest BCUT2D eigenvalue weighted by Crippen LogP contribution is -2.34. The molecule has 1 aromatic carbocycles. The molecule has 2 unspecified atom stereocenters. The minimum atomic E-state index is 0.227. The lowest BCUT2D eigenvalue weighted by molar-refractivity contribution is -0.129. The van der Waals surface area contributed by atoms with E-state index in [1.165, 1.54) is 0 Å². The van der Waals surface area contributed by atoms with E-state index < -0.39 is 0 Å². The standard InChI is InChI=1S/C20H23ClN2O2/c1-14-2-7-19(25-14)13-22-9-16-11-23(12-17(16)10-22)20(24)8-15-3-5-18(21)6-4-15/h2-7,16-17H,8-13H2,1H3. The maximum Gasteiger partial charge on any atom is 0.227 e. The van der Waals surface area contributed by atoms with Gasteiger partial charge < -0.3 is 9.32 Å². The fourth-order valence-electron chi connectivity index (χ4n) is 4.10. The topological polar surface area (TPSA) is 36.7 Å². The molecule has 132 valence electrons. The Morgan fingerprint density at radius 2 is 1.76 bits per heavy atom. The molecule has 0 saturated carbocycles. The van der Waals surface area contributed by atoms with Crippen molar-refractivity contribution < 1.29 is 9.21 Å². The Morgan fingerprint density at radius 3 is 2.36 bits per heavy atom. The van der Waals surface area contributed by atoms with Crippen LogP contribution in [0, 0.1) is 18.8 Å². The number of fused-ring (bicyclic) bond motifs is 1. The van der Waals surface area contributed by atoms with Crippen LogP contribution in [0.15, 0.2) is 40.8 Å². The maximum absolute atomic E-state index is 12.6. The van der Waals surface area contributed by atoms with E-state index in [1.54, 1.807) is 0 Å². The predicted molar refractivity (Wildman–Crippen MR) is 97.4 cm³/mol. The van der Waals surface area contributed by atoms with Crippen LogP contribution in [0.3, 0.4) is 0 Å². The first-order valence-electron chi connectivity index (χ1n) is 8.87. The lowest BCUT2D eigenvalue weighted by atomic mass is 10.0. The number of carbonyl (C=O) groups is 1. The summed E-state index contributed by atoms with van der Waals surface area (Å²) in [5, 5.41) is 0.707. The average Bonchev–Trinajstić information content (AvgIpc) is 3.25. The normalized spacial score (nSPS) is 23.2. The molecule has 4 rings (SSSR count). The smallest absolute Gasteiger partial charge is 0.227 e. The summed E-state index contributed by atoms with van der Waals surface area (Å²) in [6, 6.07) is 11.6. The largest absolute Gasteiger partial charge is 0.465 e. The summed E-state index contributed by atoms with van der Waals surface area (Å²) < 4.78 is 5.69. The number of nitrogens with zero attached hydrogens (tertiary/aromatic N) is 2. The highest BCUT2D eigenvalue weighted by Gasteiger charge is 2.41. The molecule has 25 heavy (non-hydrogen) atoms. The highest BCUT2D eigenvalue weighted by molar-refractivity contribution is 6.30. The second kappa shape index (κ2) is 6.85. The molecule has 2 aliphatic rings. The zero-order valence-electron chi connectivity index (χ0n) is 14.5. The minimum absolute atomic E-state index is 0.227. The van der Waals surface area contributed by atoms with E-state index in [0.717, 1.165) is 49.8 Å². The van der Waals surface area contributed by atoms with Crippen molar-refractivity contribution in [3.8, 4) is 0 Å². The van der Waals surface area contributed by atoms with Gasteiger partial charge in [0.2, 0.25) is 5.91 Å². The fourth-order valence-corrected chi connectivity index (χ4v) is 4.23. The number of likely N-dealkylation sites (tertiary alicyclic amines) is 2. The van der Waals surface area contributed by atoms with Crippen molar-refractivity contribution in [2.24, 2.45) is 11.8 Å². The molecule has 0 spiro atoms. The van der Waals surface area contributed by atoms with Gasteiger partial charge in [-0.2, -0.15) is 0 Å². The van der Waals surface area contributed by atoms with Crippen molar-refractivity contribution in [2.45, 2.75) is 19.9 Å². The molecular formula is C20H23ClN2O2. The van der Waals surface area contributed by atoms with Crippen LogP contribution in [-0.2, 0) is 17.8 Å². The molecular weight excluding hydrogens is 336 g/mol. The van der Waals surface area contributed by atoms with Gasteiger partial charge in [-0.25, -0.2) is 0 Å². The monoisotopic (exact) mass is 358 g/mol. The van der Waals surface area contributed by atoms with Crippen molar-refractivity contribution in [3.63, 3.8) is 0 Å². The first kappa shape index (κ1) is 16.7. The summed E-state index contributed by atoms with van der Waals surface area (Å²) in [5.41, 5.74) is 1.03. The fraction of sp³-hybridized carbons (Fsp3) is 0.450. The molecule has 4 nitrogen and oxygen atoms in total. The van der Waals surface area contributed by atoms with E-state index in [4.69, 9.17) is 16.0 Å². The molecule has 2 aromatic rings. The van der Waals surface area contributed by atoms with E-state index in [-0.39, 0.29) is 5.91 Å². The van der Waals surface area contributed by atoms with Gasteiger partial charge in [0.05, 0.1) is 13.0 Å². The van der Waals surface area contributed by atoms with Gasteiger partial charge in [-0.05, 0) is 48.6 Å². The van der Waals surface area contributed by atoms with Crippen LogP contribution in [0.5, 0.6) is 0 Å². The third kappa shape index (κ3) is 3.75. The number of halogens is 1. The molecule has 0 aliphatic carbocycles. The number of benzene rings is 1. The van der Waals surface area contributed by atoms with Crippen molar-refractivity contribution in [2.75, 3.05) is 26.2 Å². The van der Waals surface area contributed by atoms with Crippen molar-refractivity contribution in [3.05, 3.63) is 58.5 Å². The number of rotatable bonds is 4. The maximum atomic E-state index is 12.6. The van der Waals surface area contributed by atoms with Crippen LogP contribution in [0.1, 0.15) is 17.1 Å². The molecule has 0 bridgehead atoms. The van der Waals surface area contributed by atoms with Crippen LogP contribution in [0.25, 0.3) is 0 Å². The molecule has 3 heterocycles. The SMILES string of the molecule is Cc1ccc(CN2CC3CN(C(=O)Cc4ccc(Cl)cc4)CC3C2)o1. The van der Waals surface area contributed by atoms with Gasteiger partial charge in [-0.15, -0.1) is 0 Å². The number of amides is 1. The van der Waals surface area contributed by atoms with E-state index in [2.05, 4.69) is 11.0 Å². The molecule has 0 N–H and O–H groups in total. The highest BCUT2D eigenvalue weighted by atomic mass is 35.5. The van der Waals surface area contributed by atoms with Gasteiger partial charge in [-0.3, -0.25) is 9.69 Å². The highest BCUT2D eigenvalue weighted by Crippen LogP contribution is 2.32. The number of hydrogen-bond donors (Lipinski definition) is 0. The zero-order valence-corrected chi connectivity index (χ0v) is 15.2. The molecule has 0 radical (unpaired) electrons. The summed E-state index contributed by atoms with van der Waals surface area (Å²) in [7, 11) is 0. The van der Waals surface area contributed by atoms with Crippen molar-refractivity contribution >= 4 is 17.5 Å². The van der Waals surface area contributed by atoms with Gasteiger partial charge in [0, 0.05) is 31.2 Å². The molecule has 5 heteroatoms. The number of aryl methyl sites for hydroxylation is 1. The molecule has 2 fully saturated rings. The Kier molecular flexibility index (Phi) is 4.57. The van der Waals surface area contributed by atoms with E-state index in [1.807, 2.05) is 42.2 Å². The van der Waals surface area contributed by atoms with E-state index in [9.17, 15) is 4.79 Å². The van der Waals surface area contributed by atoms with E-state index in [0.29, 0.717) is 23.3 Å². The first-order valence-corrected chi connectivity index (χ1v) is 9.24. The summed E-state index contributed by atoms with van der Waals surface area (Å²) >= 11 is 5.91. The van der Waals surface area contributed by atoms with Gasteiger partial charge in [0.25, 0.3) is 0 Å². The predicted octanol–water partition coefficient (Wildman–Crippen LogP) is 3.37. The van der Waals surface area contributed by atoms with Crippen LogP contribution < -0.4 is 0 Å². The quantitative estimate of drug-likeness (QED) is 0.840. The number of carbonyl (C=O) groups excluding carboxylic acids is 1. The van der Waals surface area contributed by atoms with Gasteiger partial charge >= 0.3 is 0 Å². The van der Waals surface area contributed by atoms with Crippen molar-refractivity contribution in [1.29, 1.82) is 0 Å². The number of hydrogen-bond acceptors (Lipinski definition) is 3. The molecule has 2 saturated heterocycles. The second-order valence-electron chi connectivity index (χ2n) is 7.33. The second-order valence-corrected chi connectivity index (χ2v) is 7.77. The van der Waals surface area contributed by atoms with Crippen LogP contribution >= 0.6 is 11.6 Å². The third-order valence-corrected chi connectivity index (χ3v) is 5.61. The molecule has 1 aromatic heterocycles. The van der Waals surface area contributed by atoms with Crippen LogP contribution in [-0.4, -0.2) is 41.9 Å². The summed E-state index contributed by atoms with van der Waals surface area (Å²) in [4.78, 5) is 17.1. The Hall–Kier alpha value is -1.78. The summed E-state index contributed by atoms with van der Waals surface area (Å²) in [6.07, 6.45) is 0.464. The minimum Gasteiger partial charge on any atom is -0.465 e. The Labute approximate surface area is 153 Å². The Balaban J connectivity index is 1.30. The van der Waals surface area contributed by atoms with Crippen LogP contribution in [0.2, 0.25) is 5.02 Å². The average molecular weight is 359 g/mol. The van der Waals surface area contributed by atoms with Gasteiger partial charge in [-0.1, -0.05) is 23.7 Å². The van der Waals surface area contributed by atoms with Crippen LogP contribution in [0.4, 0.5) is 0 Å². The van der Waals surface area contributed by atoms with Gasteiger partial charge in [0.1, 0.15) is 11.5 Å². The Morgan fingerprint density at radius 1 is 1.08 bits per heavy atom. The number of furan rings is 1. The lowest BCUT2D eigenvalue weighted by Gasteiger charge is -2.21. The molecule has 1 amide bonds. The molecule has 2 atom stereocenters.